The Kier molecular flexibility index (Phi) is 3.05. The molecule has 0 bridgehead atoms. The van der Waals surface area contributed by atoms with E-state index in [2.05, 4.69) is 20.2 Å². The van der Waals surface area contributed by atoms with Gasteiger partial charge in [-0.05, 0) is 19.4 Å². The quantitative estimate of drug-likeness (QED) is 0.449. The number of nitro groups is 1. The van der Waals surface area contributed by atoms with E-state index >= 15 is 0 Å². The summed E-state index contributed by atoms with van der Waals surface area (Å²) in [5, 5.41) is 18.0. The highest BCUT2D eigenvalue weighted by atomic mass is 16.6. The van der Waals surface area contributed by atoms with E-state index in [1.807, 2.05) is 6.92 Å². The van der Waals surface area contributed by atoms with Crippen LogP contribution in [-0.2, 0) is 0 Å². The number of nitro benzene ring substituents is 1. The van der Waals surface area contributed by atoms with E-state index in [9.17, 15) is 10.1 Å². The first-order valence-electron chi connectivity index (χ1n) is 7.35. The molecule has 4 rings (SSSR count). The van der Waals surface area contributed by atoms with Crippen molar-refractivity contribution in [1.82, 2.24) is 20.2 Å². The lowest BCUT2D eigenvalue weighted by atomic mass is 9.85. The molecule has 0 aliphatic carbocycles. The molecule has 1 aliphatic rings. The lowest BCUT2D eigenvalue weighted by molar-refractivity contribution is -0.384. The molecule has 3 heterocycles. The number of nitrogens with one attached hydrogen (secondary N) is 1. The summed E-state index contributed by atoms with van der Waals surface area (Å²) in [4.78, 5) is 19.1. The Morgan fingerprint density at radius 1 is 1.21 bits per heavy atom. The second-order valence-electron chi connectivity index (χ2n) is 5.63. The fourth-order valence-electron chi connectivity index (χ4n) is 2.95. The Labute approximate surface area is 136 Å². The second kappa shape index (κ2) is 5.12. The van der Waals surface area contributed by atoms with E-state index in [1.165, 1.54) is 12.1 Å². The van der Waals surface area contributed by atoms with E-state index in [0.29, 0.717) is 17.6 Å². The number of aromatic nitrogens is 4. The van der Waals surface area contributed by atoms with Crippen LogP contribution in [0, 0.1) is 24.0 Å². The largest absolute Gasteiger partial charge is 0.418 e. The van der Waals surface area contributed by atoms with Gasteiger partial charge in [0.05, 0.1) is 4.92 Å². The summed E-state index contributed by atoms with van der Waals surface area (Å²) in [7, 11) is 0. The number of non-ortho nitro benzene ring substituents is 1. The average Bonchev–Trinajstić information content (AvgIpc) is 2.93. The third-order valence-electron chi connectivity index (χ3n) is 4.09. The molecule has 1 aromatic carbocycles. The number of aromatic amines is 1. The van der Waals surface area contributed by atoms with Crippen LogP contribution in [0.5, 0.6) is 11.8 Å². The van der Waals surface area contributed by atoms with Crippen LogP contribution in [0.4, 0.5) is 5.69 Å². The SMILES string of the molecule is Cc1ncc2c(n1)Oc1n[nH]c(C)c1C2c1ccc([N+](=O)[O-])cc1. The maximum absolute atomic E-state index is 10.9. The molecular formula is C16H13N5O3. The zero-order valence-corrected chi connectivity index (χ0v) is 13.0. The Bertz CT molecular complexity index is 949. The van der Waals surface area contributed by atoms with Crippen LogP contribution >= 0.6 is 0 Å². The van der Waals surface area contributed by atoms with Crippen molar-refractivity contribution in [2.24, 2.45) is 0 Å². The van der Waals surface area contributed by atoms with Crippen molar-refractivity contribution in [3.05, 3.63) is 68.8 Å². The van der Waals surface area contributed by atoms with Crippen molar-refractivity contribution in [3.63, 3.8) is 0 Å². The molecule has 1 unspecified atom stereocenters. The highest BCUT2D eigenvalue weighted by Crippen LogP contribution is 2.46. The van der Waals surface area contributed by atoms with E-state index in [0.717, 1.165) is 22.4 Å². The summed E-state index contributed by atoms with van der Waals surface area (Å²) in [5.74, 6) is 1.35. The molecule has 1 N–H and O–H groups in total. The fourth-order valence-corrected chi connectivity index (χ4v) is 2.95. The monoisotopic (exact) mass is 323 g/mol. The molecule has 8 heteroatoms. The highest BCUT2D eigenvalue weighted by molar-refractivity contribution is 5.55. The lowest BCUT2D eigenvalue weighted by Crippen LogP contribution is -2.14. The second-order valence-corrected chi connectivity index (χ2v) is 5.63. The molecule has 1 aliphatic heterocycles. The summed E-state index contributed by atoms with van der Waals surface area (Å²) >= 11 is 0. The number of hydrogen-bond donors (Lipinski definition) is 1. The normalized spacial score (nSPS) is 15.3. The minimum absolute atomic E-state index is 0.0512. The third-order valence-corrected chi connectivity index (χ3v) is 4.09. The van der Waals surface area contributed by atoms with Gasteiger partial charge in [-0.3, -0.25) is 15.2 Å². The van der Waals surface area contributed by atoms with Gasteiger partial charge in [-0.15, -0.1) is 5.10 Å². The fraction of sp³-hybridized carbons (Fsp3) is 0.188. The molecule has 24 heavy (non-hydrogen) atoms. The van der Waals surface area contributed by atoms with Crippen LogP contribution in [0.1, 0.15) is 34.1 Å². The molecule has 8 nitrogen and oxygen atoms in total. The molecule has 0 saturated carbocycles. The molecular weight excluding hydrogens is 310 g/mol. The molecule has 120 valence electrons. The first-order valence-corrected chi connectivity index (χ1v) is 7.35. The minimum atomic E-state index is -0.414. The standard InChI is InChI=1S/C16H13N5O3/c1-8-13-14(10-3-5-11(6-4-10)21(22)23)12-7-17-9(2)18-15(12)24-16(13)20-19-8/h3-7,14H,1-2H3,(H,19,20). The van der Waals surface area contributed by atoms with Crippen molar-refractivity contribution < 1.29 is 9.66 Å². The first-order chi connectivity index (χ1) is 11.5. The molecule has 0 spiro atoms. The number of nitrogens with zero attached hydrogens (tertiary/aromatic N) is 4. The molecule has 0 amide bonds. The minimum Gasteiger partial charge on any atom is -0.418 e. The number of rotatable bonds is 2. The smallest absolute Gasteiger partial charge is 0.269 e. The van der Waals surface area contributed by atoms with Crippen molar-refractivity contribution >= 4 is 5.69 Å². The zero-order chi connectivity index (χ0) is 16.8. The summed E-state index contributed by atoms with van der Waals surface area (Å²) in [6, 6.07) is 6.48. The number of H-pyrrole nitrogens is 1. The Balaban J connectivity index is 1.90. The van der Waals surface area contributed by atoms with Gasteiger partial charge < -0.3 is 4.74 Å². The summed E-state index contributed by atoms with van der Waals surface area (Å²) < 4.78 is 5.79. The molecule has 0 fully saturated rings. The van der Waals surface area contributed by atoms with Crippen LogP contribution in [0.25, 0.3) is 0 Å². The van der Waals surface area contributed by atoms with E-state index in [1.54, 1.807) is 25.3 Å². The van der Waals surface area contributed by atoms with Gasteiger partial charge in [-0.25, -0.2) is 4.98 Å². The highest BCUT2D eigenvalue weighted by Gasteiger charge is 2.34. The van der Waals surface area contributed by atoms with Crippen molar-refractivity contribution in [2.75, 3.05) is 0 Å². The van der Waals surface area contributed by atoms with Crippen LogP contribution in [-0.4, -0.2) is 25.1 Å². The average molecular weight is 323 g/mol. The number of hydrogen-bond acceptors (Lipinski definition) is 6. The number of aryl methyl sites for hydroxylation is 2. The third kappa shape index (κ3) is 2.11. The summed E-state index contributed by atoms with van der Waals surface area (Å²) in [6.07, 6.45) is 1.74. The maximum Gasteiger partial charge on any atom is 0.269 e. The van der Waals surface area contributed by atoms with Crippen molar-refractivity contribution in [2.45, 2.75) is 19.8 Å². The predicted octanol–water partition coefficient (Wildman–Crippen LogP) is 3.01. The van der Waals surface area contributed by atoms with Gasteiger partial charge in [0.1, 0.15) is 5.82 Å². The predicted molar refractivity (Wildman–Crippen MR) is 84.2 cm³/mol. The lowest BCUT2D eigenvalue weighted by Gasteiger charge is -2.24. The zero-order valence-electron chi connectivity index (χ0n) is 13.0. The molecule has 3 aromatic rings. The van der Waals surface area contributed by atoms with Crippen molar-refractivity contribution in [3.8, 4) is 11.8 Å². The maximum atomic E-state index is 10.9. The van der Waals surface area contributed by atoms with Crippen LogP contribution in [0.15, 0.2) is 30.5 Å². The van der Waals surface area contributed by atoms with E-state index in [4.69, 9.17) is 4.74 Å². The van der Waals surface area contributed by atoms with E-state index < -0.39 is 4.92 Å². The summed E-state index contributed by atoms with van der Waals surface area (Å²) in [6.45, 7) is 3.70. The van der Waals surface area contributed by atoms with E-state index in [-0.39, 0.29) is 11.6 Å². The van der Waals surface area contributed by atoms with Gasteiger partial charge in [0.15, 0.2) is 0 Å². The number of fused-ring (bicyclic) bond motifs is 2. The Morgan fingerprint density at radius 2 is 1.96 bits per heavy atom. The van der Waals surface area contributed by atoms with Crippen molar-refractivity contribution in [1.29, 1.82) is 0 Å². The van der Waals surface area contributed by atoms with Gasteiger partial charge in [0.25, 0.3) is 5.69 Å². The summed E-state index contributed by atoms with van der Waals surface area (Å²) in [5.41, 5.74) is 3.52. The van der Waals surface area contributed by atoms with Gasteiger partial charge in [0.2, 0.25) is 11.8 Å². The molecule has 1 atom stereocenters. The Hall–Kier alpha value is -3.29. The molecule has 2 aromatic heterocycles. The first kappa shape index (κ1) is 14.3. The van der Waals surface area contributed by atoms with Gasteiger partial charge in [0, 0.05) is 41.1 Å². The van der Waals surface area contributed by atoms with Gasteiger partial charge in [-0.2, -0.15) is 4.98 Å². The van der Waals surface area contributed by atoms with Crippen LogP contribution in [0.2, 0.25) is 0 Å². The topological polar surface area (TPSA) is 107 Å². The van der Waals surface area contributed by atoms with Crippen LogP contribution in [0.3, 0.4) is 0 Å². The number of ether oxygens (including phenoxy) is 1. The molecule has 0 saturated heterocycles. The van der Waals surface area contributed by atoms with Gasteiger partial charge >= 0.3 is 0 Å². The van der Waals surface area contributed by atoms with Gasteiger partial charge in [-0.1, -0.05) is 12.1 Å². The molecule has 0 radical (unpaired) electrons. The number of benzene rings is 1. The van der Waals surface area contributed by atoms with Crippen LogP contribution < -0.4 is 4.74 Å². The Morgan fingerprint density at radius 3 is 2.67 bits per heavy atom.